The maximum absolute atomic E-state index is 12.1. The van der Waals surface area contributed by atoms with Crippen LogP contribution in [0.15, 0.2) is 27.6 Å². The monoisotopic (exact) mass is 381 g/mol. The molecule has 1 aromatic rings. The van der Waals surface area contributed by atoms with Crippen LogP contribution in [-0.2, 0) is 16.6 Å². The summed E-state index contributed by atoms with van der Waals surface area (Å²) in [5, 5.41) is 9.01. The van der Waals surface area contributed by atoms with Crippen molar-refractivity contribution in [3.8, 4) is 0 Å². The van der Waals surface area contributed by atoms with Gasteiger partial charge in [-0.15, -0.1) is 0 Å². The van der Waals surface area contributed by atoms with Crippen LogP contribution in [0.5, 0.6) is 0 Å². The van der Waals surface area contributed by atoms with E-state index in [0.717, 1.165) is 25.0 Å². The van der Waals surface area contributed by atoms with Crippen molar-refractivity contribution in [2.45, 2.75) is 30.8 Å². The molecule has 114 valence electrons. The number of benzene rings is 1. The van der Waals surface area contributed by atoms with Crippen molar-refractivity contribution in [3.05, 3.63) is 28.2 Å². The van der Waals surface area contributed by atoms with Crippen molar-refractivity contribution in [2.24, 2.45) is 0 Å². The number of hydrogen-bond donors (Lipinski definition) is 2. The standard InChI is InChI=1S/C13H20BrNO3S2/c1-19-8-4-2-3-7-15-20(17,18)13-6-5-11(10-16)9-12(13)14/h5-6,9,15-16H,2-4,7-8,10H2,1H3. The van der Waals surface area contributed by atoms with Crippen LogP contribution in [0.3, 0.4) is 0 Å². The van der Waals surface area contributed by atoms with Crippen LogP contribution in [0.4, 0.5) is 0 Å². The van der Waals surface area contributed by atoms with Gasteiger partial charge in [-0.1, -0.05) is 12.5 Å². The molecule has 0 saturated heterocycles. The maximum atomic E-state index is 12.1. The Morgan fingerprint density at radius 3 is 2.65 bits per heavy atom. The van der Waals surface area contributed by atoms with E-state index in [2.05, 4.69) is 26.9 Å². The molecule has 4 nitrogen and oxygen atoms in total. The second-order valence-electron chi connectivity index (χ2n) is 4.37. The predicted octanol–water partition coefficient (Wildman–Crippen LogP) is 2.75. The number of hydrogen-bond acceptors (Lipinski definition) is 4. The zero-order chi connectivity index (χ0) is 15.0. The Balaban J connectivity index is 2.56. The van der Waals surface area contributed by atoms with Crippen molar-refractivity contribution < 1.29 is 13.5 Å². The van der Waals surface area contributed by atoms with E-state index in [1.807, 2.05) is 0 Å². The summed E-state index contributed by atoms with van der Waals surface area (Å²) in [5.74, 6) is 1.11. The molecule has 0 radical (unpaired) electrons. The normalized spacial score (nSPS) is 11.8. The molecule has 0 aromatic heterocycles. The lowest BCUT2D eigenvalue weighted by atomic mass is 10.2. The topological polar surface area (TPSA) is 66.4 Å². The van der Waals surface area contributed by atoms with Gasteiger partial charge in [0.25, 0.3) is 0 Å². The fourth-order valence-electron chi connectivity index (χ4n) is 1.69. The van der Waals surface area contributed by atoms with E-state index >= 15 is 0 Å². The van der Waals surface area contributed by atoms with E-state index in [-0.39, 0.29) is 11.5 Å². The van der Waals surface area contributed by atoms with Gasteiger partial charge in [-0.3, -0.25) is 0 Å². The Kier molecular flexibility index (Phi) is 8.13. The van der Waals surface area contributed by atoms with Crippen LogP contribution >= 0.6 is 27.7 Å². The number of aliphatic hydroxyl groups is 1. The predicted molar refractivity (Wildman–Crippen MR) is 87.5 cm³/mol. The first-order chi connectivity index (χ1) is 9.51. The quantitative estimate of drug-likeness (QED) is 0.645. The largest absolute Gasteiger partial charge is 0.392 e. The number of halogens is 1. The molecule has 0 amide bonds. The molecule has 0 aliphatic rings. The molecule has 1 rings (SSSR count). The van der Waals surface area contributed by atoms with Crippen molar-refractivity contribution >= 4 is 37.7 Å². The van der Waals surface area contributed by atoms with Crippen LogP contribution in [0, 0.1) is 0 Å². The molecular formula is C13H20BrNO3S2. The third-order valence-corrected chi connectivity index (χ3v) is 5.92. The fourth-order valence-corrected chi connectivity index (χ4v) is 4.38. The third kappa shape index (κ3) is 5.73. The molecule has 2 N–H and O–H groups in total. The van der Waals surface area contributed by atoms with Gasteiger partial charge in [0.15, 0.2) is 0 Å². The summed E-state index contributed by atoms with van der Waals surface area (Å²) >= 11 is 5.04. The molecule has 0 heterocycles. The highest BCUT2D eigenvalue weighted by Gasteiger charge is 2.17. The lowest BCUT2D eigenvalue weighted by Crippen LogP contribution is -2.25. The third-order valence-electron chi connectivity index (χ3n) is 2.79. The van der Waals surface area contributed by atoms with Gasteiger partial charge >= 0.3 is 0 Å². The van der Waals surface area contributed by atoms with Gasteiger partial charge in [-0.25, -0.2) is 13.1 Å². The van der Waals surface area contributed by atoms with E-state index in [0.29, 0.717) is 16.6 Å². The summed E-state index contributed by atoms with van der Waals surface area (Å²) in [7, 11) is -3.49. The van der Waals surface area contributed by atoms with Crippen molar-refractivity contribution in [1.82, 2.24) is 4.72 Å². The lowest BCUT2D eigenvalue weighted by molar-refractivity contribution is 0.281. The molecule has 0 aliphatic carbocycles. The average molecular weight is 382 g/mol. The highest BCUT2D eigenvalue weighted by molar-refractivity contribution is 9.10. The first-order valence-corrected chi connectivity index (χ1v) is 10.1. The highest BCUT2D eigenvalue weighted by Crippen LogP contribution is 2.23. The van der Waals surface area contributed by atoms with Crippen LogP contribution in [0.25, 0.3) is 0 Å². The SMILES string of the molecule is CSCCCCCNS(=O)(=O)c1ccc(CO)cc1Br. The Morgan fingerprint density at radius 1 is 1.30 bits per heavy atom. The number of rotatable bonds is 9. The summed E-state index contributed by atoms with van der Waals surface area (Å²) in [6, 6.07) is 4.73. The Hall–Kier alpha value is -0.0800. The number of sulfonamides is 1. The molecule has 0 atom stereocenters. The first-order valence-electron chi connectivity index (χ1n) is 6.39. The van der Waals surface area contributed by atoms with Crippen molar-refractivity contribution in [1.29, 1.82) is 0 Å². The smallest absolute Gasteiger partial charge is 0.241 e. The number of aliphatic hydroxyl groups excluding tert-OH is 1. The van der Waals surface area contributed by atoms with Crippen molar-refractivity contribution in [2.75, 3.05) is 18.6 Å². The zero-order valence-corrected chi connectivity index (χ0v) is 14.7. The Labute approximate surface area is 133 Å². The average Bonchev–Trinajstić information content (AvgIpc) is 2.42. The van der Waals surface area contributed by atoms with Crippen LogP contribution in [0.1, 0.15) is 24.8 Å². The Bertz CT molecular complexity index is 520. The molecule has 1 aromatic carbocycles. The lowest BCUT2D eigenvalue weighted by Gasteiger charge is -2.09. The minimum Gasteiger partial charge on any atom is -0.392 e. The molecule has 20 heavy (non-hydrogen) atoms. The maximum Gasteiger partial charge on any atom is 0.241 e. The van der Waals surface area contributed by atoms with Crippen LogP contribution in [-0.4, -0.2) is 32.1 Å². The summed E-state index contributed by atoms with van der Waals surface area (Å²) < 4.78 is 27.3. The van der Waals surface area contributed by atoms with Gasteiger partial charge in [0.05, 0.1) is 11.5 Å². The summed E-state index contributed by atoms with van der Waals surface area (Å²) in [6.45, 7) is 0.340. The fraction of sp³-hybridized carbons (Fsp3) is 0.538. The first kappa shape index (κ1) is 18.0. The van der Waals surface area contributed by atoms with Gasteiger partial charge < -0.3 is 5.11 Å². The van der Waals surface area contributed by atoms with Crippen LogP contribution in [0.2, 0.25) is 0 Å². The molecule has 0 aliphatic heterocycles. The second-order valence-corrected chi connectivity index (χ2v) is 7.95. The highest BCUT2D eigenvalue weighted by atomic mass is 79.9. The summed E-state index contributed by atoms with van der Waals surface area (Å²) in [6.07, 6.45) is 5.04. The van der Waals surface area contributed by atoms with E-state index in [9.17, 15) is 8.42 Å². The molecule has 0 spiro atoms. The molecule has 0 fully saturated rings. The van der Waals surface area contributed by atoms with Crippen molar-refractivity contribution in [3.63, 3.8) is 0 Å². The van der Waals surface area contributed by atoms with E-state index in [1.165, 1.54) is 6.07 Å². The summed E-state index contributed by atoms with van der Waals surface area (Å²) in [4.78, 5) is 0.207. The van der Waals surface area contributed by atoms with Gasteiger partial charge in [-0.05, 0) is 58.5 Å². The summed E-state index contributed by atoms with van der Waals surface area (Å²) in [5.41, 5.74) is 0.674. The van der Waals surface area contributed by atoms with E-state index < -0.39 is 10.0 Å². The molecule has 7 heteroatoms. The Morgan fingerprint density at radius 2 is 2.05 bits per heavy atom. The van der Waals surface area contributed by atoms with Gasteiger partial charge in [-0.2, -0.15) is 11.8 Å². The number of unbranched alkanes of at least 4 members (excludes halogenated alkanes) is 2. The van der Waals surface area contributed by atoms with E-state index in [4.69, 9.17) is 5.11 Å². The molecular weight excluding hydrogens is 362 g/mol. The van der Waals surface area contributed by atoms with Gasteiger partial charge in [0.2, 0.25) is 10.0 Å². The number of nitrogens with one attached hydrogen (secondary N) is 1. The molecule has 0 unspecified atom stereocenters. The minimum atomic E-state index is -3.49. The zero-order valence-electron chi connectivity index (χ0n) is 11.4. The number of thioether (sulfide) groups is 1. The minimum absolute atomic E-state index is 0.109. The van der Waals surface area contributed by atoms with Crippen LogP contribution < -0.4 is 4.72 Å². The second kappa shape index (κ2) is 9.04. The van der Waals surface area contributed by atoms with Gasteiger partial charge in [0.1, 0.15) is 0 Å². The molecule has 0 saturated carbocycles. The van der Waals surface area contributed by atoms with E-state index in [1.54, 1.807) is 23.9 Å². The molecule has 0 bridgehead atoms. The van der Waals surface area contributed by atoms with Gasteiger partial charge in [0, 0.05) is 11.0 Å².